The fraction of sp³-hybridized carbons (Fsp3) is 0.462. The van der Waals surface area contributed by atoms with E-state index in [-0.39, 0.29) is 30.1 Å². The van der Waals surface area contributed by atoms with Crippen molar-refractivity contribution >= 4 is 17.5 Å². The molecule has 1 heterocycles. The zero-order valence-electron chi connectivity index (χ0n) is 10.4. The molecule has 2 rings (SSSR count). The molecular weight excluding hydrogens is 271 g/mol. The monoisotopic (exact) mass is 286 g/mol. The zero-order valence-corrected chi connectivity index (χ0v) is 11.2. The summed E-state index contributed by atoms with van der Waals surface area (Å²) in [5, 5.41) is 5.80. The van der Waals surface area contributed by atoms with Crippen molar-refractivity contribution in [3.05, 3.63) is 34.6 Å². The average Bonchev–Trinajstić information content (AvgIpc) is 2.91. The Morgan fingerprint density at radius 1 is 1.53 bits per heavy atom. The van der Waals surface area contributed by atoms with Gasteiger partial charge in [0.15, 0.2) is 0 Å². The first-order valence-corrected chi connectivity index (χ1v) is 6.55. The van der Waals surface area contributed by atoms with Crippen LogP contribution in [0.1, 0.15) is 12.0 Å². The van der Waals surface area contributed by atoms with Crippen molar-refractivity contribution < 1.29 is 13.9 Å². The van der Waals surface area contributed by atoms with Gasteiger partial charge >= 0.3 is 0 Å². The zero-order chi connectivity index (χ0) is 13.7. The quantitative estimate of drug-likeness (QED) is 0.862. The molecule has 1 aromatic carbocycles. The van der Waals surface area contributed by atoms with E-state index in [9.17, 15) is 9.18 Å². The van der Waals surface area contributed by atoms with Crippen LogP contribution in [0.4, 0.5) is 4.39 Å². The number of carbonyl (C=O) groups is 1. The van der Waals surface area contributed by atoms with E-state index in [4.69, 9.17) is 16.3 Å². The van der Waals surface area contributed by atoms with E-state index in [1.165, 1.54) is 6.07 Å². The molecule has 19 heavy (non-hydrogen) atoms. The number of amides is 1. The Morgan fingerprint density at radius 2 is 2.37 bits per heavy atom. The SMILES string of the molecule is O=C(CNC1CCOC1)NCc1cccc(Cl)c1F. The van der Waals surface area contributed by atoms with Gasteiger partial charge in [-0.1, -0.05) is 23.7 Å². The van der Waals surface area contributed by atoms with Gasteiger partial charge in [0.2, 0.25) is 5.91 Å². The summed E-state index contributed by atoms with van der Waals surface area (Å²) in [5.74, 6) is -0.659. The highest BCUT2D eigenvalue weighted by Crippen LogP contribution is 2.17. The number of hydrogen-bond acceptors (Lipinski definition) is 3. The Kier molecular flexibility index (Phi) is 5.13. The lowest BCUT2D eigenvalue weighted by Gasteiger charge is -2.11. The van der Waals surface area contributed by atoms with E-state index in [2.05, 4.69) is 10.6 Å². The van der Waals surface area contributed by atoms with Gasteiger partial charge in [-0.2, -0.15) is 0 Å². The molecule has 1 saturated heterocycles. The molecule has 0 bridgehead atoms. The van der Waals surface area contributed by atoms with Crippen LogP contribution < -0.4 is 10.6 Å². The summed E-state index contributed by atoms with van der Waals surface area (Å²) in [4.78, 5) is 11.6. The molecule has 104 valence electrons. The van der Waals surface area contributed by atoms with Gasteiger partial charge in [0, 0.05) is 24.8 Å². The van der Waals surface area contributed by atoms with Crippen molar-refractivity contribution in [2.75, 3.05) is 19.8 Å². The number of hydrogen-bond donors (Lipinski definition) is 2. The number of rotatable bonds is 5. The van der Waals surface area contributed by atoms with E-state index >= 15 is 0 Å². The van der Waals surface area contributed by atoms with Crippen LogP contribution in [0.25, 0.3) is 0 Å². The minimum Gasteiger partial charge on any atom is -0.380 e. The first kappa shape index (κ1) is 14.2. The molecule has 4 nitrogen and oxygen atoms in total. The van der Waals surface area contributed by atoms with Crippen molar-refractivity contribution in [2.24, 2.45) is 0 Å². The van der Waals surface area contributed by atoms with Crippen LogP contribution in [0, 0.1) is 5.82 Å². The highest BCUT2D eigenvalue weighted by molar-refractivity contribution is 6.30. The Balaban J connectivity index is 1.75. The lowest BCUT2D eigenvalue weighted by molar-refractivity contribution is -0.120. The largest absolute Gasteiger partial charge is 0.380 e. The van der Waals surface area contributed by atoms with Gasteiger partial charge in [-0.05, 0) is 12.5 Å². The summed E-state index contributed by atoms with van der Waals surface area (Å²) in [6, 6.07) is 4.96. The number of ether oxygens (including phenoxy) is 1. The first-order valence-electron chi connectivity index (χ1n) is 6.17. The maximum Gasteiger partial charge on any atom is 0.234 e. The minimum atomic E-state index is -0.485. The van der Waals surface area contributed by atoms with Crippen molar-refractivity contribution in [1.29, 1.82) is 0 Å². The molecule has 1 aliphatic rings. The fourth-order valence-electron chi connectivity index (χ4n) is 1.87. The molecule has 1 aliphatic heterocycles. The van der Waals surface area contributed by atoms with Crippen molar-refractivity contribution in [3.63, 3.8) is 0 Å². The molecule has 0 radical (unpaired) electrons. The lowest BCUT2D eigenvalue weighted by atomic mass is 10.2. The minimum absolute atomic E-state index is 0.0629. The van der Waals surface area contributed by atoms with Crippen molar-refractivity contribution in [3.8, 4) is 0 Å². The van der Waals surface area contributed by atoms with Crippen LogP contribution >= 0.6 is 11.6 Å². The second-order valence-corrected chi connectivity index (χ2v) is 4.84. The number of halogens is 2. The van der Waals surface area contributed by atoms with Gasteiger partial charge < -0.3 is 15.4 Å². The van der Waals surface area contributed by atoms with E-state index in [0.717, 1.165) is 13.0 Å². The molecule has 1 atom stereocenters. The van der Waals surface area contributed by atoms with Crippen LogP contribution in [0.5, 0.6) is 0 Å². The predicted octanol–water partition coefficient (Wildman–Crippen LogP) is 1.47. The Hall–Kier alpha value is -1.17. The van der Waals surface area contributed by atoms with Crippen LogP contribution in [-0.4, -0.2) is 31.7 Å². The molecular formula is C13H16ClFN2O2. The second kappa shape index (κ2) is 6.84. The number of nitrogens with one attached hydrogen (secondary N) is 2. The van der Waals surface area contributed by atoms with E-state index in [1.807, 2.05) is 0 Å². The summed E-state index contributed by atoms with van der Waals surface area (Å²) in [5.41, 5.74) is 0.380. The molecule has 0 aromatic heterocycles. The molecule has 1 aromatic rings. The highest BCUT2D eigenvalue weighted by Gasteiger charge is 2.16. The number of carbonyl (C=O) groups excluding carboxylic acids is 1. The first-order chi connectivity index (χ1) is 9.16. The van der Waals surface area contributed by atoms with Crippen LogP contribution in [0.2, 0.25) is 5.02 Å². The van der Waals surface area contributed by atoms with Gasteiger partial charge in [-0.15, -0.1) is 0 Å². The van der Waals surface area contributed by atoms with E-state index in [1.54, 1.807) is 12.1 Å². The molecule has 0 aliphatic carbocycles. The Bertz CT molecular complexity index is 450. The number of benzene rings is 1. The molecule has 0 spiro atoms. The second-order valence-electron chi connectivity index (χ2n) is 4.43. The van der Waals surface area contributed by atoms with Gasteiger partial charge in [-0.3, -0.25) is 4.79 Å². The van der Waals surface area contributed by atoms with Gasteiger partial charge in [0.25, 0.3) is 0 Å². The molecule has 0 saturated carbocycles. The lowest BCUT2D eigenvalue weighted by Crippen LogP contribution is -2.39. The Labute approximate surface area is 116 Å². The molecule has 1 amide bonds. The maximum absolute atomic E-state index is 13.6. The van der Waals surface area contributed by atoms with Crippen LogP contribution in [-0.2, 0) is 16.1 Å². The third kappa shape index (κ3) is 4.16. The fourth-order valence-corrected chi connectivity index (χ4v) is 2.07. The molecule has 1 fully saturated rings. The maximum atomic E-state index is 13.6. The standard InChI is InChI=1S/C13H16ClFN2O2/c14-11-3-1-2-9(13(11)15)6-17-12(18)7-16-10-4-5-19-8-10/h1-3,10,16H,4-8H2,(H,17,18). The summed E-state index contributed by atoms with van der Waals surface area (Å²) < 4.78 is 18.8. The average molecular weight is 287 g/mol. The smallest absolute Gasteiger partial charge is 0.234 e. The normalized spacial score (nSPS) is 18.5. The van der Waals surface area contributed by atoms with Gasteiger partial charge in [0.1, 0.15) is 5.82 Å². The molecule has 6 heteroatoms. The topological polar surface area (TPSA) is 50.4 Å². The van der Waals surface area contributed by atoms with Crippen molar-refractivity contribution in [1.82, 2.24) is 10.6 Å². The van der Waals surface area contributed by atoms with Crippen LogP contribution in [0.15, 0.2) is 18.2 Å². The van der Waals surface area contributed by atoms with Gasteiger partial charge in [0.05, 0.1) is 18.2 Å². The van der Waals surface area contributed by atoms with Crippen LogP contribution in [0.3, 0.4) is 0 Å². The van der Waals surface area contributed by atoms with Gasteiger partial charge in [-0.25, -0.2) is 4.39 Å². The van der Waals surface area contributed by atoms with E-state index < -0.39 is 5.82 Å². The highest BCUT2D eigenvalue weighted by atomic mass is 35.5. The third-order valence-corrected chi connectivity index (χ3v) is 3.28. The summed E-state index contributed by atoms with van der Waals surface area (Å²) in [7, 11) is 0. The Morgan fingerprint density at radius 3 is 3.11 bits per heavy atom. The summed E-state index contributed by atoms with van der Waals surface area (Å²) in [6.45, 7) is 1.70. The molecule has 1 unspecified atom stereocenters. The summed E-state index contributed by atoms with van der Waals surface area (Å²) >= 11 is 5.66. The predicted molar refractivity (Wildman–Crippen MR) is 70.5 cm³/mol. The molecule has 2 N–H and O–H groups in total. The third-order valence-electron chi connectivity index (χ3n) is 2.99. The van der Waals surface area contributed by atoms with Crippen molar-refractivity contribution in [2.45, 2.75) is 19.0 Å². The van der Waals surface area contributed by atoms with E-state index in [0.29, 0.717) is 12.2 Å². The summed E-state index contributed by atoms with van der Waals surface area (Å²) in [6.07, 6.45) is 0.913.